The van der Waals surface area contributed by atoms with Gasteiger partial charge in [0.25, 0.3) is 11.8 Å². The zero-order valence-electron chi connectivity index (χ0n) is 16.4. The third-order valence-corrected chi connectivity index (χ3v) is 5.07. The van der Waals surface area contributed by atoms with Crippen LogP contribution in [-0.2, 0) is 0 Å². The highest BCUT2D eigenvalue weighted by Gasteiger charge is 2.33. The van der Waals surface area contributed by atoms with Gasteiger partial charge in [0, 0.05) is 18.2 Å². The topological polar surface area (TPSA) is 84.7 Å². The maximum absolute atomic E-state index is 13.8. The first-order chi connectivity index (χ1) is 13.4. The van der Waals surface area contributed by atoms with Gasteiger partial charge in [0.15, 0.2) is 0 Å². The Morgan fingerprint density at radius 1 is 1.24 bits per heavy atom. The lowest BCUT2D eigenvalue weighted by Gasteiger charge is -2.23. The average molecular weight is 422 g/mol. The Bertz CT molecular complexity index is 876. The molecule has 8 heteroatoms. The molecule has 156 valence electrons. The van der Waals surface area contributed by atoms with Crippen molar-refractivity contribution in [1.82, 2.24) is 4.90 Å². The first-order valence-corrected chi connectivity index (χ1v) is 9.19. The monoisotopic (exact) mass is 421 g/mol. The van der Waals surface area contributed by atoms with Crippen LogP contribution in [0.25, 0.3) is 0 Å². The fraction of sp³-hybridized carbons (Fsp3) is 0.333. The molecule has 1 fully saturated rings. The van der Waals surface area contributed by atoms with E-state index in [1.54, 1.807) is 29.2 Å². The number of anilines is 1. The fourth-order valence-corrected chi connectivity index (χ4v) is 3.49. The Morgan fingerprint density at radius 2 is 1.93 bits per heavy atom. The van der Waals surface area contributed by atoms with Crippen molar-refractivity contribution >= 4 is 29.9 Å². The number of hydrogen-bond acceptors (Lipinski definition) is 4. The number of methoxy groups -OCH3 is 1. The highest BCUT2D eigenvalue weighted by molar-refractivity contribution is 6.09. The van der Waals surface area contributed by atoms with Gasteiger partial charge in [0.1, 0.15) is 11.6 Å². The Labute approximate surface area is 175 Å². The summed E-state index contributed by atoms with van der Waals surface area (Å²) in [5.74, 6) is -0.339. The van der Waals surface area contributed by atoms with Crippen molar-refractivity contribution in [2.24, 2.45) is 11.7 Å². The number of ether oxygens (including phenoxy) is 1. The number of hydrogen-bond donors (Lipinski definition) is 2. The van der Waals surface area contributed by atoms with Crippen LogP contribution in [0.15, 0.2) is 42.5 Å². The van der Waals surface area contributed by atoms with Crippen molar-refractivity contribution in [3.8, 4) is 5.75 Å². The Balaban J connectivity index is 0.00000300. The second kappa shape index (κ2) is 9.71. The molecule has 0 radical (unpaired) electrons. The van der Waals surface area contributed by atoms with Gasteiger partial charge in [-0.1, -0.05) is 0 Å². The summed E-state index contributed by atoms with van der Waals surface area (Å²) in [5.41, 5.74) is 6.53. The van der Waals surface area contributed by atoms with E-state index in [0.717, 1.165) is 12.5 Å². The lowest BCUT2D eigenvalue weighted by Crippen LogP contribution is -2.35. The summed E-state index contributed by atoms with van der Waals surface area (Å²) in [6, 6.07) is 10.3. The molecule has 3 rings (SSSR count). The molecule has 0 aromatic heterocycles. The van der Waals surface area contributed by atoms with E-state index in [1.165, 1.54) is 19.2 Å². The highest BCUT2D eigenvalue weighted by Crippen LogP contribution is 2.27. The molecule has 3 N–H and O–H groups in total. The molecular weight excluding hydrogens is 397 g/mol. The van der Waals surface area contributed by atoms with Crippen LogP contribution in [0.1, 0.15) is 34.1 Å². The molecule has 29 heavy (non-hydrogen) atoms. The van der Waals surface area contributed by atoms with Gasteiger partial charge in [-0.05, 0) is 68.3 Å². The van der Waals surface area contributed by atoms with Crippen LogP contribution in [0.4, 0.5) is 10.1 Å². The summed E-state index contributed by atoms with van der Waals surface area (Å²) in [6.07, 6.45) is 0.830. The summed E-state index contributed by atoms with van der Waals surface area (Å²) in [5, 5.41) is 2.66. The quantitative estimate of drug-likeness (QED) is 0.775. The lowest BCUT2D eigenvalue weighted by molar-refractivity contribution is 0.0744. The number of benzene rings is 2. The molecule has 2 aromatic rings. The Morgan fingerprint density at radius 3 is 2.52 bits per heavy atom. The van der Waals surface area contributed by atoms with Gasteiger partial charge in [-0.3, -0.25) is 9.59 Å². The normalized spacial score (nSPS) is 18.1. The van der Waals surface area contributed by atoms with E-state index < -0.39 is 11.7 Å². The molecular formula is C21H25ClFN3O3. The second-order valence-corrected chi connectivity index (χ2v) is 7.02. The minimum Gasteiger partial charge on any atom is -0.497 e. The van der Waals surface area contributed by atoms with Crippen LogP contribution in [-0.4, -0.2) is 43.0 Å². The number of likely N-dealkylation sites (tertiary alicyclic amines) is 1. The van der Waals surface area contributed by atoms with E-state index in [9.17, 15) is 14.0 Å². The van der Waals surface area contributed by atoms with Crippen molar-refractivity contribution in [3.05, 3.63) is 59.4 Å². The predicted molar refractivity (Wildman–Crippen MR) is 112 cm³/mol. The molecule has 1 aliphatic heterocycles. The molecule has 2 unspecified atom stereocenters. The van der Waals surface area contributed by atoms with Crippen LogP contribution < -0.4 is 15.8 Å². The van der Waals surface area contributed by atoms with E-state index in [1.807, 2.05) is 6.92 Å². The third-order valence-electron chi connectivity index (χ3n) is 5.07. The molecule has 0 bridgehead atoms. The molecule has 2 atom stereocenters. The molecule has 0 aliphatic carbocycles. The first-order valence-electron chi connectivity index (χ1n) is 9.19. The third kappa shape index (κ3) is 5.05. The van der Waals surface area contributed by atoms with Crippen LogP contribution in [0.3, 0.4) is 0 Å². The van der Waals surface area contributed by atoms with E-state index in [4.69, 9.17) is 10.5 Å². The number of nitrogens with zero attached hydrogens (tertiary/aromatic N) is 1. The summed E-state index contributed by atoms with van der Waals surface area (Å²) < 4.78 is 18.9. The summed E-state index contributed by atoms with van der Waals surface area (Å²) >= 11 is 0. The molecule has 2 amide bonds. The van der Waals surface area contributed by atoms with Gasteiger partial charge in [-0.25, -0.2) is 4.39 Å². The first kappa shape index (κ1) is 22.6. The molecule has 1 saturated heterocycles. The van der Waals surface area contributed by atoms with Crippen molar-refractivity contribution in [2.45, 2.75) is 19.4 Å². The molecule has 0 spiro atoms. The van der Waals surface area contributed by atoms with Gasteiger partial charge in [0.2, 0.25) is 0 Å². The lowest BCUT2D eigenvalue weighted by atomic mass is 10.1. The van der Waals surface area contributed by atoms with Crippen LogP contribution in [0.5, 0.6) is 5.75 Å². The molecule has 1 aliphatic rings. The number of carbonyl (C=O) groups excluding carboxylic acids is 2. The Kier molecular flexibility index (Phi) is 7.59. The number of nitrogens with two attached hydrogens (primary N) is 1. The van der Waals surface area contributed by atoms with E-state index in [2.05, 4.69) is 5.32 Å². The van der Waals surface area contributed by atoms with Gasteiger partial charge >= 0.3 is 0 Å². The zero-order chi connectivity index (χ0) is 20.3. The maximum atomic E-state index is 13.8. The number of carbonyl (C=O) groups is 2. The minimum atomic E-state index is -0.532. The number of amides is 2. The fourth-order valence-electron chi connectivity index (χ4n) is 3.49. The number of rotatable bonds is 5. The SMILES string of the molecule is COc1ccc(C(=O)Nc2cc(F)ccc2C(=O)N2CC(CN)CC2C)cc1.Cl. The maximum Gasteiger partial charge on any atom is 0.256 e. The van der Waals surface area contributed by atoms with Gasteiger partial charge in [0.05, 0.1) is 18.4 Å². The van der Waals surface area contributed by atoms with E-state index in [0.29, 0.717) is 24.4 Å². The van der Waals surface area contributed by atoms with Gasteiger partial charge in [-0.15, -0.1) is 12.4 Å². The van der Waals surface area contributed by atoms with Crippen LogP contribution in [0, 0.1) is 11.7 Å². The molecule has 6 nitrogen and oxygen atoms in total. The predicted octanol–water partition coefficient (Wildman–Crippen LogP) is 3.32. The van der Waals surface area contributed by atoms with Gasteiger partial charge < -0.3 is 20.7 Å². The highest BCUT2D eigenvalue weighted by atomic mass is 35.5. The van der Waals surface area contributed by atoms with Gasteiger partial charge in [-0.2, -0.15) is 0 Å². The standard InChI is InChI=1S/C21H24FN3O3.ClH/c1-13-9-14(11-23)12-25(13)21(27)18-8-5-16(22)10-19(18)24-20(26)15-3-6-17(28-2)7-4-15;/h3-8,10,13-14H,9,11-12,23H2,1-2H3,(H,24,26);1H. The zero-order valence-corrected chi connectivity index (χ0v) is 17.2. The smallest absolute Gasteiger partial charge is 0.256 e. The molecule has 0 saturated carbocycles. The summed E-state index contributed by atoms with van der Waals surface area (Å²) in [7, 11) is 1.54. The number of halogens is 2. The minimum absolute atomic E-state index is 0. The number of nitrogens with one attached hydrogen (secondary N) is 1. The average Bonchev–Trinajstić information content (AvgIpc) is 3.08. The van der Waals surface area contributed by atoms with Crippen molar-refractivity contribution in [2.75, 3.05) is 25.5 Å². The molecule has 2 aromatic carbocycles. The Hall–Kier alpha value is -2.64. The summed E-state index contributed by atoms with van der Waals surface area (Å²) in [6.45, 7) is 3.03. The van der Waals surface area contributed by atoms with Crippen molar-refractivity contribution in [3.63, 3.8) is 0 Å². The van der Waals surface area contributed by atoms with E-state index >= 15 is 0 Å². The second-order valence-electron chi connectivity index (χ2n) is 7.02. The molecule has 1 heterocycles. The van der Waals surface area contributed by atoms with Crippen molar-refractivity contribution < 1.29 is 18.7 Å². The van der Waals surface area contributed by atoms with Crippen molar-refractivity contribution in [1.29, 1.82) is 0 Å². The largest absolute Gasteiger partial charge is 0.497 e. The summed E-state index contributed by atoms with van der Waals surface area (Å²) in [4.78, 5) is 27.3. The van der Waals surface area contributed by atoms with Crippen LogP contribution in [0.2, 0.25) is 0 Å². The van der Waals surface area contributed by atoms with E-state index in [-0.39, 0.29) is 41.5 Å². The van der Waals surface area contributed by atoms with Crippen LogP contribution >= 0.6 is 12.4 Å².